The van der Waals surface area contributed by atoms with Crippen molar-refractivity contribution in [3.8, 4) is 5.75 Å². The van der Waals surface area contributed by atoms with E-state index in [4.69, 9.17) is 14.2 Å². The highest BCUT2D eigenvalue weighted by atomic mass is 16.5. The number of rotatable bonds is 11. The van der Waals surface area contributed by atoms with Gasteiger partial charge in [0.1, 0.15) is 16.9 Å². The summed E-state index contributed by atoms with van der Waals surface area (Å²) in [4.78, 5) is 25.5. The van der Waals surface area contributed by atoms with Crippen LogP contribution < -0.4 is 10.1 Å². The molecule has 6 heteroatoms. The number of methoxy groups -OCH3 is 1. The van der Waals surface area contributed by atoms with Crippen molar-refractivity contribution in [1.29, 1.82) is 0 Å². The Kier molecular flexibility index (Phi) is 9.46. The standard InChI is InChI=1S/C22H35NO5/c1-8-27-20(24)18-12-17(10-11-19(18)26-7)23-21(25)22(28-9-2,13-15(3)4)14-16(5)6/h10-12,15-16H,8-9,13-14H2,1-7H3,(H,23,25). The van der Waals surface area contributed by atoms with Gasteiger partial charge in [-0.25, -0.2) is 4.79 Å². The average Bonchev–Trinajstić information content (AvgIpc) is 2.60. The SMILES string of the molecule is CCOC(=O)c1cc(NC(=O)C(CC(C)C)(CC(C)C)OCC)ccc1OC. The number of carbonyl (C=O) groups excluding carboxylic acids is 2. The van der Waals surface area contributed by atoms with Crippen molar-refractivity contribution in [1.82, 2.24) is 0 Å². The smallest absolute Gasteiger partial charge is 0.341 e. The van der Waals surface area contributed by atoms with E-state index in [1.54, 1.807) is 25.1 Å². The molecule has 1 aromatic rings. The Morgan fingerprint density at radius 3 is 2.11 bits per heavy atom. The maximum Gasteiger partial charge on any atom is 0.341 e. The van der Waals surface area contributed by atoms with Gasteiger partial charge in [-0.15, -0.1) is 0 Å². The first-order valence-electron chi connectivity index (χ1n) is 9.99. The molecule has 1 amide bonds. The quantitative estimate of drug-likeness (QED) is 0.553. The molecule has 6 nitrogen and oxygen atoms in total. The number of nitrogens with one attached hydrogen (secondary N) is 1. The lowest BCUT2D eigenvalue weighted by atomic mass is 9.83. The summed E-state index contributed by atoms with van der Waals surface area (Å²) in [5, 5.41) is 2.94. The molecule has 0 atom stereocenters. The second kappa shape index (κ2) is 11.1. The van der Waals surface area contributed by atoms with Crippen LogP contribution >= 0.6 is 0 Å². The minimum Gasteiger partial charge on any atom is -0.496 e. The van der Waals surface area contributed by atoms with E-state index in [1.807, 2.05) is 6.92 Å². The molecule has 0 unspecified atom stereocenters. The highest BCUT2D eigenvalue weighted by Gasteiger charge is 2.40. The molecule has 0 aromatic heterocycles. The molecular formula is C22H35NO5. The van der Waals surface area contributed by atoms with Gasteiger partial charge >= 0.3 is 5.97 Å². The van der Waals surface area contributed by atoms with Gasteiger partial charge in [0, 0.05) is 12.3 Å². The third-order valence-electron chi connectivity index (χ3n) is 4.26. The predicted octanol–water partition coefficient (Wildman–Crippen LogP) is 4.68. The molecule has 0 bridgehead atoms. The summed E-state index contributed by atoms with van der Waals surface area (Å²) in [5.74, 6) is 0.300. The van der Waals surface area contributed by atoms with Gasteiger partial charge in [0.15, 0.2) is 0 Å². The topological polar surface area (TPSA) is 73.9 Å². The fourth-order valence-corrected chi connectivity index (χ4v) is 3.45. The molecule has 1 N–H and O–H groups in total. The van der Waals surface area contributed by atoms with Gasteiger partial charge in [-0.1, -0.05) is 27.7 Å². The maximum absolute atomic E-state index is 13.3. The average molecular weight is 394 g/mol. The van der Waals surface area contributed by atoms with E-state index in [9.17, 15) is 9.59 Å². The zero-order chi connectivity index (χ0) is 21.3. The van der Waals surface area contributed by atoms with Crippen LogP contribution in [0.2, 0.25) is 0 Å². The molecule has 0 aliphatic carbocycles. The summed E-state index contributed by atoms with van der Waals surface area (Å²) in [7, 11) is 1.49. The second-order valence-corrected chi connectivity index (χ2v) is 7.71. The molecule has 0 aliphatic heterocycles. The fraction of sp³-hybridized carbons (Fsp3) is 0.636. The van der Waals surface area contributed by atoms with Crippen molar-refractivity contribution in [3.63, 3.8) is 0 Å². The van der Waals surface area contributed by atoms with E-state index in [0.29, 0.717) is 42.7 Å². The normalized spacial score (nSPS) is 11.6. The van der Waals surface area contributed by atoms with Crippen molar-refractivity contribution in [2.75, 3.05) is 25.6 Å². The van der Waals surface area contributed by atoms with Crippen LogP contribution in [0.5, 0.6) is 5.75 Å². The van der Waals surface area contributed by atoms with Crippen molar-refractivity contribution in [2.45, 2.75) is 60.0 Å². The Labute approximate surface area is 168 Å². The van der Waals surface area contributed by atoms with E-state index in [2.05, 4.69) is 33.0 Å². The van der Waals surface area contributed by atoms with Gasteiger partial charge in [-0.05, 0) is 56.7 Å². The molecule has 28 heavy (non-hydrogen) atoms. The van der Waals surface area contributed by atoms with Gasteiger partial charge in [0.05, 0.1) is 13.7 Å². The molecule has 0 saturated heterocycles. The molecule has 0 spiro atoms. The number of benzene rings is 1. The van der Waals surface area contributed by atoms with Gasteiger partial charge in [0.25, 0.3) is 5.91 Å². The van der Waals surface area contributed by atoms with Crippen LogP contribution in [-0.4, -0.2) is 37.8 Å². The third-order valence-corrected chi connectivity index (χ3v) is 4.26. The van der Waals surface area contributed by atoms with Gasteiger partial charge in [0.2, 0.25) is 0 Å². The highest BCUT2D eigenvalue weighted by Crippen LogP contribution is 2.31. The second-order valence-electron chi connectivity index (χ2n) is 7.71. The first-order chi connectivity index (χ1) is 13.2. The van der Waals surface area contributed by atoms with Crippen LogP contribution in [0.3, 0.4) is 0 Å². The molecule has 1 rings (SSSR count). The van der Waals surface area contributed by atoms with Crippen LogP contribution in [0.1, 0.15) is 64.7 Å². The summed E-state index contributed by atoms with van der Waals surface area (Å²) in [5.41, 5.74) is -0.136. The third kappa shape index (κ3) is 6.51. The molecule has 158 valence electrons. The van der Waals surface area contributed by atoms with Crippen LogP contribution in [0.15, 0.2) is 18.2 Å². The Bertz CT molecular complexity index is 644. The number of esters is 1. The summed E-state index contributed by atoms with van der Waals surface area (Å²) in [6, 6.07) is 4.94. The molecular weight excluding hydrogens is 358 g/mol. The molecule has 0 fully saturated rings. The van der Waals surface area contributed by atoms with Crippen LogP contribution in [0.4, 0.5) is 5.69 Å². The summed E-state index contributed by atoms with van der Waals surface area (Å²) in [6.45, 7) is 12.7. The minimum absolute atomic E-state index is 0.197. The summed E-state index contributed by atoms with van der Waals surface area (Å²) < 4.78 is 16.3. The van der Waals surface area contributed by atoms with E-state index in [-0.39, 0.29) is 18.1 Å². The molecule has 1 aromatic carbocycles. The van der Waals surface area contributed by atoms with Crippen LogP contribution in [0, 0.1) is 11.8 Å². The van der Waals surface area contributed by atoms with E-state index >= 15 is 0 Å². The first-order valence-corrected chi connectivity index (χ1v) is 9.99. The Balaban J connectivity index is 3.21. The predicted molar refractivity (Wildman–Crippen MR) is 111 cm³/mol. The van der Waals surface area contributed by atoms with E-state index in [0.717, 1.165) is 0 Å². The number of carbonyl (C=O) groups is 2. The molecule has 0 heterocycles. The van der Waals surface area contributed by atoms with Gasteiger partial charge in [-0.2, -0.15) is 0 Å². The van der Waals surface area contributed by atoms with Crippen LogP contribution in [-0.2, 0) is 14.3 Å². The van der Waals surface area contributed by atoms with Crippen molar-refractivity contribution >= 4 is 17.6 Å². The largest absolute Gasteiger partial charge is 0.496 e. The van der Waals surface area contributed by atoms with Gasteiger partial charge in [-0.3, -0.25) is 4.79 Å². The van der Waals surface area contributed by atoms with Crippen molar-refractivity contribution in [2.24, 2.45) is 11.8 Å². The Hall–Kier alpha value is -2.08. The lowest BCUT2D eigenvalue weighted by Crippen LogP contribution is -2.47. The highest BCUT2D eigenvalue weighted by molar-refractivity contribution is 5.99. The molecule has 0 aliphatic rings. The fourth-order valence-electron chi connectivity index (χ4n) is 3.45. The number of hydrogen-bond donors (Lipinski definition) is 1. The lowest BCUT2D eigenvalue weighted by Gasteiger charge is -2.35. The van der Waals surface area contributed by atoms with Crippen molar-refractivity contribution < 1.29 is 23.8 Å². The number of hydrogen-bond acceptors (Lipinski definition) is 5. The minimum atomic E-state index is -0.916. The van der Waals surface area contributed by atoms with Crippen LogP contribution in [0.25, 0.3) is 0 Å². The lowest BCUT2D eigenvalue weighted by molar-refractivity contribution is -0.146. The maximum atomic E-state index is 13.3. The number of anilines is 1. The van der Waals surface area contributed by atoms with E-state index < -0.39 is 11.6 Å². The zero-order valence-corrected chi connectivity index (χ0v) is 18.3. The monoisotopic (exact) mass is 393 g/mol. The molecule has 0 radical (unpaired) electrons. The first kappa shape index (κ1) is 24.0. The number of amides is 1. The Morgan fingerprint density at radius 1 is 1.04 bits per heavy atom. The van der Waals surface area contributed by atoms with Gasteiger partial charge < -0.3 is 19.5 Å². The number of ether oxygens (including phenoxy) is 3. The molecule has 0 saturated carbocycles. The zero-order valence-electron chi connectivity index (χ0n) is 18.3. The summed E-state index contributed by atoms with van der Waals surface area (Å²) in [6.07, 6.45) is 1.23. The Morgan fingerprint density at radius 2 is 1.64 bits per heavy atom. The summed E-state index contributed by atoms with van der Waals surface area (Å²) >= 11 is 0. The van der Waals surface area contributed by atoms with E-state index in [1.165, 1.54) is 7.11 Å². The van der Waals surface area contributed by atoms with Crippen molar-refractivity contribution in [3.05, 3.63) is 23.8 Å².